The van der Waals surface area contributed by atoms with Crippen molar-refractivity contribution in [2.24, 2.45) is 0 Å². The van der Waals surface area contributed by atoms with Gasteiger partial charge in [0.15, 0.2) is 0 Å². The molecule has 1 aliphatic heterocycles. The number of anilines is 3. The molecule has 0 bridgehead atoms. The molecule has 0 fully saturated rings. The number of ether oxygens (including phenoxy) is 2. The van der Waals surface area contributed by atoms with Crippen molar-refractivity contribution in [2.45, 2.75) is 6.54 Å². The molecule has 0 radical (unpaired) electrons. The number of aromatic nitrogens is 3. The lowest BCUT2D eigenvalue weighted by Gasteiger charge is -2.30. The van der Waals surface area contributed by atoms with Crippen LogP contribution < -0.4 is 19.7 Å². The first-order chi connectivity index (χ1) is 14.3. The van der Waals surface area contributed by atoms with E-state index in [2.05, 4.69) is 15.2 Å². The van der Waals surface area contributed by atoms with E-state index >= 15 is 0 Å². The zero-order chi connectivity index (χ0) is 19.6. The highest BCUT2D eigenvalue weighted by atomic mass is 32.1. The number of fused-ring (bicyclic) bond motifs is 2. The van der Waals surface area contributed by atoms with Crippen molar-refractivity contribution in [2.75, 3.05) is 30.5 Å². The minimum Gasteiger partial charge on any atom is -0.494 e. The third-order valence-corrected chi connectivity index (χ3v) is 5.56. The number of benzene rings is 2. The van der Waals surface area contributed by atoms with Gasteiger partial charge >= 0.3 is 0 Å². The molecular weight excluding hydrogens is 386 g/mol. The van der Waals surface area contributed by atoms with Crippen LogP contribution in [0.1, 0.15) is 4.88 Å². The normalized spacial score (nSPS) is 13.1. The van der Waals surface area contributed by atoms with Crippen LogP contribution in [-0.2, 0) is 6.54 Å². The fourth-order valence-corrected chi connectivity index (χ4v) is 3.95. The van der Waals surface area contributed by atoms with Crippen molar-refractivity contribution in [3.05, 3.63) is 59.0 Å². The third-order valence-electron chi connectivity index (χ3n) is 4.78. The van der Waals surface area contributed by atoms with E-state index in [4.69, 9.17) is 19.4 Å². The van der Waals surface area contributed by atoms with Crippen LogP contribution in [0, 0.1) is 0 Å². The lowest BCUT2D eigenvalue weighted by atomic mass is 10.2. The molecule has 1 aliphatic rings. The molecule has 4 aromatic rings. The van der Waals surface area contributed by atoms with E-state index in [-0.39, 0.29) is 0 Å². The summed E-state index contributed by atoms with van der Waals surface area (Å²) in [6.07, 6.45) is 1.86. The Morgan fingerprint density at radius 2 is 2.10 bits per heavy atom. The zero-order valence-corrected chi connectivity index (χ0v) is 16.6. The van der Waals surface area contributed by atoms with E-state index in [1.807, 2.05) is 54.2 Å². The number of nitrogens with one attached hydrogen (secondary N) is 1. The van der Waals surface area contributed by atoms with Gasteiger partial charge in [0.2, 0.25) is 5.95 Å². The van der Waals surface area contributed by atoms with Crippen LogP contribution in [0.2, 0.25) is 0 Å². The second kappa shape index (κ2) is 7.56. The number of rotatable bonds is 5. The van der Waals surface area contributed by atoms with Crippen molar-refractivity contribution >= 4 is 39.7 Å². The standard InChI is InChI=1S/C21H19N5O2S/c1-27-18-8-4-5-15-19(18)24-21(25-20(15)23-12-14-11-22-13-29-14)26-9-10-28-17-7-3-2-6-16(17)26/h2-8,11,13H,9-10,12H2,1H3,(H,23,24,25). The average molecular weight is 405 g/mol. The minimum absolute atomic E-state index is 0.577. The highest BCUT2D eigenvalue weighted by Gasteiger charge is 2.23. The Bertz CT molecular complexity index is 1150. The van der Waals surface area contributed by atoms with E-state index in [0.717, 1.165) is 33.0 Å². The maximum atomic E-state index is 5.79. The van der Waals surface area contributed by atoms with Gasteiger partial charge in [-0.05, 0) is 24.3 Å². The van der Waals surface area contributed by atoms with Gasteiger partial charge in [0.25, 0.3) is 0 Å². The van der Waals surface area contributed by atoms with Gasteiger partial charge < -0.3 is 19.7 Å². The van der Waals surface area contributed by atoms with Crippen LogP contribution in [0.3, 0.4) is 0 Å². The summed E-state index contributed by atoms with van der Waals surface area (Å²) in [5.41, 5.74) is 3.56. The van der Waals surface area contributed by atoms with Gasteiger partial charge in [-0.15, -0.1) is 11.3 Å². The van der Waals surface area contributed by atoms with Crippen molar-refractivity contribution in [1.29, 1.82) is 0 Å². The maximum absolute atomic E-state index is 5.79. The quantitative estimate of drug-likeness (QED) is 0.532. The van der Waals surface area contributed by atoms with Crippen LogP contribution in [0.4, 0.5) is 17.5 Å². The Morgan fingerprint density at radius 1 is 1.17 bits per heavy atom. The van der Waals surface area contributed by atoms with Crippen molar-refractivity contribution in [3.63, 3.8) is 0 Å². The monoisotopic (exact) mass is 405 g/mol. The molecule has 0 saturated carbocycles. The average Bonchev–Trinajstić information content (AvgIpc) is 3.30. The van der Waals surface area contributed by atoms with Crippen LogP contribution in [-0.4, -0.2) is 35.2 Å². The highest BCUT2D eigenvalue weighted by Crippen LogP contribution is 2.37. The summed E-state index contributed by atoms with van der Waals surface area (Å²) in [5, 5.41) is 4.37. The van der Waals surface area contributed by atoms with E-state index in [1.54, 1.807) is 18.4 Å². The number of para-hydroxylation sites is 3. The molecule has 7 nitrogen and oxygen atoms in total. The first kappa shape index (κ1) is 17.7. The number of hydrogen-bond acceptors (Lipinski definition) is 8. The van der Waals surface area contributed by atoms with E-state index < -0.39 is 0 Å². The fourth-order valence-electron chi connectivity index (χ4n) is 3.41. The highest BCUT2D eigenvalue weighted by molar-refractivity contribution is 7.09. The zero-order valence-electron chi connectivity index (χ0n) is 15.8. The summed E-state index contributed by atoms with van der Waals surface area (Å²) in [5.74, 6) is 2.93. The first-order valence-corrected chi connectivity index (χ1v) is 10.2. The summed E-state index contributed by atoms with van der Waals surface area (Å²) in [4.78, 5) is 17.1. The maximum Gasteiger partial charge on any atom is 0.232 e. The van der Waals surface area contributed by atoms with Crippen molar-refractivity contribution in [3.8, 4) is 11.5 Å². The van der Waals surface area contributed by atoms with Gasteiger partial charge in [0, 0.05) is 16.5 Å². The molecule has 1 N–H and O–H groups in total. The number of hydrogen-bond donors (Lipinski definition) is 1. The van der Waals surface area contributed by atoms with Gasteiger partial charge in [-0.2, -0.15) is 4.98 Å². The second-order valence-corrected chi connectivity index (χ2v) is 7.49. The van der Waals surface area contributed by atoms with Crippen LogP contribution in [0.25, 0.3) is 10.9 Å². The van der Waals surface area contributed by atoms with Crippen LogP contribution >= 0.6 is 11.3 Å². The topological polar surface area (TPSA) is 72.4 Å². The van der Waals surface area contributed by atoms with Gasteiger partial charge in [-0.25, -0.2) is 4.98 Å². The molecule has 5 rings (SSSR count). The predicted octanol–water partition coefficient (Wildman–Crippen LogP) is 4.24. The lowest BCUT2D eigenvalue weighted by molar-refractivity contribution is 0.313. The minimum atomic E-state index is 0.577. The molecule has 0 unspecified atom stereocenters. The molecule has 0 aliphatic carbocycles. The lowest BCUT2D eigenvalue weighted by Crippen LogP contribution is -2.30. The number of methoxy groups -OCH3 is 1. The Balaban J connectivity index is 1.62. The van der Waals surface area contributed by atoms with Crippen molar-refractivity contribution < 1.29 is 9.47 Å². The number of nitrogens with zero attached hydrogens (tertiary/aromatic N) is 4. The smallest absolute Gasteiger partial charge is 0.232 e. The van der Waals surface area contributed by atoms with Crippen LogP contribution in [0.15, 0.2) is 54.2 Å². The molecular formula is C21H19N5O2S. The molecule has 0 amide bonds. The van der Waals surface area contributed by atoms with Gasteiger partial charge in [-0.3, -0.25) is 4.98 Å². The predicted molar refractivity (Wildman–Crippen MR) is 114 cm³/mol. The molecule has 2 aromatic carbocycles. The molecule has 0 atom stereocenters. The first-order valence-electron chi connectivity index (χ1n) is 9.29. The number of thiazole rings is 1. The molecule has 29 heavy (non-hydrogen) atoms. The summed E-state index contributed by atoms with van der Waals surface area (Å²) >= 11 is 1.61. The van der Waals surface area contributed by atoms with Gasteiger partial charge in [0.1, 0.15) is 29.4 Å². The van der Waals surface area contributed by atoms with E-state index in [0.29, 0.717) is 31.4 Å². The molecule has 0 spiro atoms. The van der Waals surface area contributed by atoms with Crippen LogP contribution in [0.5, 0.6) is 11.5 Å². The largest absolute Gasteiger partial charge is 0.494 e. The molecule has 0 saturated heterocycles. The Hall–Kier alpha value is -3.39. The summed E-state index contributed by atoms with van der Waals surface area (Å²) in [6, 6.07) is 13.8. The Labute approximate surface area is 172 Å². The summed E-state index contributed by atoms with van der Waals surface area (Å²) in [6.45, 7) is 1.90. The third kappa shape index (κ3) is 3.31. The molecule has 2 aromatic heterocycles. The second-order valence-electron chi connectivity index (χ2n) is 6.52. The summed E-state index contributed by atoms with van der Waals surface area (Å²) < 4.78 is 11.4. The molecule has 3 heterocycles. The van der Waals surface area contributed by atoms with E-state index in [1.165, 1.54) is 0 Å². The summed E-state index contributed by atoms with van der Waals surface area (Å²) in [7, 11) is 1.66. The SMILES string of the molecule is COc1cccc2c(NCc3cncs3)nc(N3CCOc4ccccc43)nc12. The van der Waals surface area contributed by atoms with Gasteiger partial charge in [-0.1, -0.05) is 18.2 Å². The Kier molecular flexibility index (Phi) is 4.61. The van der Waals surface area contributed by atoms with Gasteiger partial charge in [0.05, 0.1) is 31.4 Å². The Morgan fingerprint density at radius 3 is 2.97 bits per heavy atom. The van der Waals surface area contributed by atoms with E-state index in [9.17, 15) is 0 Å². The molecule has 146 valence electrons. The van der Waals surface area contributed by atoms with Crippen molar-refractivity contribution in [1.82, 2.24) is 15.0 Å². The fraction of sp³-hybridized carbons (Fsp3) is 0.190. The molecule has 8 heteroatoms.